The molecule has 0 aliphatic rings. The molecule has 1 atom stereocenters. The zero-order valence-corrected chi connectivity index (χ0v) is 26.2. The Morgan fingerprint density at radius 1 is 0.950 bits per heavy atom. The number of carbonyl (C=O) groups excluding carboxylic acids is 1. The average Bonchev–Trinajstić information content (AvgIpc) is 3.32. The molecule has 0 aliphatic heterocycles. The number of nitrogens with one attached hydrogen (secondary N) is 1. The minimum absolute atomic E-state index is 0.170. The number of ether oxygens (including phenoxy) is 1. The Hall–Kier alpha value is -2.33. The number of hydrogen-bond donors (Lipinski definition) is 2. The van der Waals surface area contributed by atoms with E-state index in [0.717, 1.165) is 42.1 Å². The van der Waals surface area contributed by atoms with Gasteiger partial charge in [-0.25, -0.2) is 0 Å². The maximum Gasteiger partial charge on any atom is 0.305 e. The maximum atomic E-state index is 12.5. The van der Waals surface area contributed by atoms with E-state index in [1.54, 1.807) is 13.8 Å². The number of fused-ring (bicyclic) bond motifs is 1. The smallest absolute Gasteiger partial charge is 0.305 e. The average molecular weight is 552 g/mol. The maximum absolute atomic E-state index is 12.5. The fourth-order valence-electron chi connectivity index (χ4n) is 5.19. The summed E-state index contributed by atoms with van der Waals surface area (Å²) in [7, 11) is 0. The van der Waals surface area contributed by atoms with Gasteiger partial charge in [-0.3, -0.25) is 4.79 Å². The van der Waals surface area contributed by atoms with Gasteiger partial charge in [-0.15, -0.1) is 0 Å². The van der Waals surface area contributed by atoms with Crippen LogP contribution in [-0.2, 0) is 16.0 Å². The number of rotatable bonds is 21. The monoisotopic (exact) mass is 551 g/mol. The second kappa shape index (κ2) is 18.9. The van der Waals surface area contributed by atoms with Crippen LogP contribution in [0.1, 0.15) is 142 Å². The van der Waals surface area contributed by atoms with Gasteiger partial charge in [-0.2, -0.15) is 0 Å². The van der Waals surface area contributed by atoms with E-state index in [2.05, 4.69) is 62.2 Å². The molecule has 0 radical (unpaired) electrons. The fraction of sp³-hybridized carbons (Fsp3) is 0.639. The van der Waals surface area contributed by atoms with Crippen LogP contribution in [0.25, 0.3) is 10.9 Å². The van der Waals surface area contributed by atoms with Crippen molar-refractivity contribution in [3.8, 4) is 0 Å². The van der Waals surface area contributed by atoms with Gasteiger partial charge in [0.15, 0.2) is 0 Å². The summed E-state index contributed by atoms with van der Waals surface area (Å²) in [5.41, 5.74) is 3.53. The molecule has 0 aliphatic carbocycles. The second-order valence-corrected chi connectivity index (χ2v) is 12.3. The molecular weight excluding hydrogens is 494 g/mol. The Bertz CT molecular complexity index is 1040. The van der Waals surface area contributed by atoms with Gasteiger partial charge < -0.3 is 14.8 Å². The topological polar surface area (TPSA) is 62.3 Å². The summed E-state index contributed by atoms with van der Waals surface area (Å²) in [5, 5.41) is 12.0. The van der Waals surface area contributed by atoms with Gasteiger partial charge in [0.05, 0.1) is 5.60 Å². The molecule has 0 amide bonds. The van der Waals surface area contributed by atoms with Crippen molar-refractivity contribution in [2.24, 2.45) is 0 Å². The Morgan fingerprint density at radius 2 is 1.57 bits per heavy atom. The fourth-order valence-corrected chi connectivity index (χ4v) is 5.19. The van der Waals surface area contributed by atoms with Gasteiger partial charge >= 0.3 is 5.97 Å². The predicted octanol–water partition coefficient (Wildman–Crippen LogP) is 10.1. The van der Waals surface area contributed by atoms with Crippen LogP contribution in [0, 0.1) is 0 Å². The highest BCUT2D eigenvalue weighted by Crippen LogP contribution is 2.34. The Balaban J connectivity index is 1.68. The normalized spacial score (nSPS) is 12.8. The standard InChI is InChI=1S/C36H57NO3/c1-6-7-8-9-10-11-12-13-14-15-16-17-18-19-20-21-35(38)40-28-33(36(4,5)39)32-27-37-34-25-24-30(26-31(32)34)23-22-29(2)3/h13-14,22,24-27,33,37,39H,6-12,15-21,23,28H2,1-5H3/b14-13-/t33-/m1/s1. The molecule has 1 heterocycles. The van der Waals surface area contributed by atoms with Gasteiger partial charge in [-0.1, -0.05) is 88.2 Å². The van der Waals surface area contributed by atoms with Crippen molar-refractivity contribution in [3.05, 3.63) is 59.3 Å². The first-order valence-electron chi connectivity index (χ1n) is 16.0. The zero-order chi connectivity index (χ0) is 29.2. The van der Waals surface area contributed by atoms with Gasteiger partial charge in [0.1, 0.15) is 6.61 Å². The van der Waals surface area contributed by atoms with E-state index in [1.807, 2.05) is 6.20 Å². The third kappa shape index (κ3) is 13.4. The zero-order valence-electron chi connectivity index (χ0n) is 26.2. The van der Waals surface area contributed by atoms with E-state index in [-0.39, 0.29) is 18.5 Å². The van der Waals surface area contributed by atoms with Crippen molar-refractivity contribution in [3.63, 3.8) is 0 Å². The Morgan fingerprint density at radius 3 is 2.20 bits per heavy atom. The van der Waals surface area contributed by atoms with Crippen molar-refractivity contribution < 1.29 is 14.6 Å². The van der Waals surface area contributed by atoms with E-state index in [9.17, 15) is 9.90 Å². The number of aromatic nitrogens is 1. The summed E-state index contributed by atoms with van der Waals surface area (Å²) in [4.78, 5) is 15.9. The molecule has 2 N–H and O–H groups in total. The third-order valence-electron chi connectivity index (χ3n) is 7.81. The number of aromatic amines is 1. The lowest BCUT2D eigenvalue weighted by molar-refractivity contribution is -0.145. The van der Waals surface area contributed by atoms with Crippen LogP contribution in [-0.4, -0.2) is 28.3 Å². The van der Waals surface area contributed by atoms with Gasteiger partial charge in [0.2, 0.25) is 0 Å². The first kappa shape index (κ1) is 33.9. The molecule has 1 aromatic heterocycles. The summed E-state index contributed by atoms with van der Waals surface area (Å²) in [6.07, 6.45) is 26.3. The summed E-state index contributed by atoms with van der Waals surface area (Å²) in [6.45, 7) is 10.2. The summed E-state index contributed by atoms with van der Waals surface area (Å²) in [5.74, 6) is -0.478. The molecule has 0 unspecified atom stereocenters. The van der Waals surface area contributed by atoms with E-state index in [1.165, 1.54) is 75.3 Å². The molecule has 0 spiro atoms. The largest absolute Gasteiger partial charge is 0.465 e. The van der Waals surface area contributed by atoms with Crippen molar-refractivity contribution >= 4 is 16.9 Å². The minimum atomic E-state index is -1.02. The van der Waals surface area contributed by atoms with Gasteiger partial charge in [0, 0.05) is 29.4 Å². The molecule has 4 nitrogen and oxygen atoms in total. The molecule has 1 aromatic carbocycles. The lowest BCUT2D eigenvalue weighted by Crippen LogP contribution is -2.33. The minimum Gasteiger partial charge on any atom is -0.465 e. The number of esters is 1. The van der Waals surface area contributed by atoms with E-state index in [4.69, 9.17) is 4.74 Å². The third-order valence-corrected chi connectivity index (χ3v) is 7.81. The quantitative estimate of drug-likeness (QED) is 0.0921. The molecule has 0 bridgehead atoms. The van der Waals surface area contributed by atoms with E-state index in [0.29, 0.717) is 6.42 Å². The summed E-state index contributed by atoms with van der Waals surface area (Å²) < 4.78 is 5.70. The van der Waals surface area contributed by atoms with Crippen molar-refractivity contribution in [2.45, 2.75) is 142 Å². The molecule has 0 fully saturated rings. The van der Waals surface area contributed by atoms with E-state index < -0.39 is 5.60 Å². The highest BCUT2D eigenvalue weighted by Gasteiger charge is 2.31. The summed E-state index contributed by atoms with van der Waals surface area (Å²) in [6, 6.07) is 6.41. The molecule has 224 valence electrons. The van der Waals surface area contributed by atoms with Crippen molar-refractivity contribution in [1.82, 2.24) is 4.98 Å². The van der Waals surface area contributed by atoms with Crippen molar-refractivity contribution in [2.75, 3.05) is 6.61 Å². The number of H-pyrrole nitrogens is 1. The number of benzene rings is 1. The van der Waals surface area contributed by atoms with E-state index >= 15 is 0 Å². The Kier molecular flexibility index (Phi) is 16.0. The number of allylic oxidation sites excluding steroid dienone is 4. The SMILES string of the molecule is CCCCCCCC/C=C\CCCCCCCC(=O)OC[C@H](c1c[nH]c2ccc(CC=C(C)C)cc12)C(C)(C)O. The van der Waals surface area contributed by atoms with Crippen LogP contribution in [0.4, 0.5) is 0 Å². The number of hydrogen-bond acceptors (Lipinski definition) is 3. The highest BCUT2D eigenvalue weighted by atomic mass is 16.5. The van der Waals surface area contributed by atoms with Gasteiger partial charge in [-0.05, 0) is 89.5 Å². The lowest BCUT2D eigenvalue weighted by atomic mass is 9.85. The molecule has 2 aromatic rings. The van der Waals surface area contributed by atoms with Crippen LogP contribution in [0.15, 0.2) is 48.2 Å². The summed E-state index contributed by atoms with van der Waals surface area (Å²) >= 11 is 0. The van der Waals surface area contributed by atoms with Crippen LogP contribution in [0.3, 0.4) is 0 Å². The lowest BCUT2D eigenvalue weighted by Gasteiger charge is -2.29. The molecular formula is C36H57NO3. The van der Waals surface area contributed by atoms with Crippen LogP contribution in [0.5, 0.6) is 0 Å². The molecule has 0 saturated heterocycles. The molecule has 4 heteroatoms. The first-order valence-corrected chi connectivity index (χ1v) is 16.0. The predicted molar refractivity (Wildman–Crippen MR) is 171 cm³/mol. The van der Waals surface area contributed by atoms with Crippen LogP contribution >= 0.6 is 0 Å². The second-order valence-electron chi connectivity index (χ2n) is 12.3. The van der Waals surface area contributed by atoms with Gasteiger partial charge in [0.25, 0.3) is 0 Å². The van der Waals surface area contributed by atoms with Crippen molar-refractivity contribution in [1.29, 1.82) is 0 Å². The van der Waals surface area contributed by atoms with Crippen LogP contribution < -0.4 is 0 Å². The van der Waals surface area contributed by atoms with Crippen LogP contribution in [0.2, 0.25) is 0 Å². The molecule has 2 rings (SSSR count). The number of unbranched alkanes of at least 4 members (excludes halogenated alkanes) is 11. The Labute approximate surface area is 244 Å². The molecule has 0 saturated carbocycles. The molecule has 40 heavy (non-hydrogen) atoms. The first-order chi connectivity index (χ1) is 19.2. The highest BCUT2D eigenvalue weighted by molar-refractivity contribution is 5.84. The number of aliphatic hydroxyl groups is 1. The number of carbonyl (C=O) groups is 1.